The molecule has 0 radical (unpaired) electrons. The summed E-state index contributed by atoms with van der Waals surface area (Å²) in [6.45, 7) is 3.22. The molecular weight excluding hydrogens is 86.0 g/mol. The van der Waals surface area contributed by atoms with Crippen LogP contribution in [0.4, 0.5) is 4.39 Å². The molecule has 0 N–H and O–H groups in total. The third-order valence-corrected chi connectivity index (χ3v) is 0.796. The van der Waals surface area contributed by atoms with Crippen molar-refractivity contribution in [1.82, 2.24) is 0 Å². The van der Waals surface area contributed by atoms with Crippen molar-refractivity contribution in [3.63, 3.8) is 0 Å². The van der Waals surface area contributed by atoms with E-state index in [1.165, 1.54) is 6.08 Å². The Labute approximate surface area is 33.3 Å². The van der Waals surface area contributed by atoms with Crippen molar-refractivity contribution < 1.29 is 4.39 Å². The molecule has 0 heterocycles. The van der Waals surface area contributed by atoms with Crippen LogP contribution in [0.15, 0.2) is 12.7 Å². The summed E-state index contributed by atoms with van der Waals surface area (Å²) in [6, 6.07) is 0. The fraction of sp³-hybridized carbons (Fsp3) is 0.333. The Morgan fingerprint density at radius 1 is 2.00 bits per heavy atom. The van der Waals surface area contributed by atoms with Gasteiger partial charge in [-0.1, -0.05) is 0 Å². The molecule has 32 valence electrons. The van der Waals surface area contributed by atoms with Gasteiger partial charge in [0.2, 0.25) is 0 Å². The van der Waals surface area contributed by atoms with E-state index in [0.717, 1.165) is 0 Å². The average molecular weight is 94.1 g/mol. The van der Waals surface area contributed by atoms with Gasteiger partial charge in [0, 0.05) is 0 Å². The van der Waals surface area contributed by atoms with Crippen LogP contribution in [0.2, 0.25) is 0 Å². The first-order valence-electron chi connectivity index (χ1n) is 1.54. The van der Waals surface area contributed by atoms with Gasteiger partial charge in [-0.25, -0.2) is 0 Å². The van der Waals surface area contributed by atoms with Crippen molar-refractivity contribution in [1.29, 1.82) is 0 Å². The van der Waals surface area contributed by atoms with Crippen molar-refractivity contribution >= 4 is 9.24 Å². The molecule has 1 unspecified atom stereocenters. The van der Waals surface area contributed by atoms with Crippen LogP contribution in [0.5, 0.6) is 0 Å². The van der Waals surface area contributed by atoms with E-state index in [-0.39, 0.29) is 0 Å². The van der Waals surface area contributed by atoms with Gasteiger partial charge in [0.05, 0.1) is 0 Å². The normalized spacial score (nSPS) is 14.2. The molecule has 0 saturated carbocycles. The molecule has 0 aromatic rings. The van der Waals surface area contributed by atoms with Crippen LogP contribution in [0, 0.1) is 0 Å². The number of halogens is 1. The molecule has 0 nitrogen and oxygen atoms in total. The van der Waals surface area contributed by atoms with E-state index in [1.54, 1.807) is 0 Å². The van der Waals surface area contributed by atoms with Gasteiger partial charge in [0.1, 0.15) is 0 Å². The minimum absolute atomic E-state index is 0.585. The maximum absolute atomic E-state index is 11.4. The van der Waals surface area contributed by atoms with Crippen LogP contribution in [0.25, 0.3) is 0 Å². The first kappa shape index (κ1) is 5.10. The Hall–Kier alpha value is 0.100. The first-order chi connectivity index (χ1) is 2.27. The SMILES string of the molecule is C=CC(F)[PH4]. The fourth-order valence-electron chi connectivity index (χ4n) is 0. The van der Waals surface area contributed by atoms with Crippen molar-refractivity contribution in [3.8, 4) is 0 Å². The number of hydrogen-bond acceptors (Lipinski definition) is 0. The molecule has 2 heteroatoms. The number of alkyl halides is 1. The Bertz CT molecular complexity index is 33.9. The van der Waals surface area contributed by atoms with Crippen LogP contribution in [-0.2, 0) is 0 Å². The molecule has 0 aromatic heterocycles. The molecule has 0 amide bonds. The zero-order valence-electron chi connectivity index (χ0n) is 3.24. The summed E-state index contributed by atoms with van der Waals surface area (Å²) in [7, 11) is 0.585. The molecule has 0 bridgehead atoms. The summed E-state index contributed by atoms with van der Waals surface area (Å²) in [4.78, 5) is 0. The standard InChI is InChI=1S/C3H8FP/c1-2-3(4)5/h2-3H,1H2,5H4. The summed E-state index contributed by atoms with van der Waals surface area (Å²) in [6.07, 6.45) is 1.31. The first-order valence-corrected chi connectivity index (χ1v) is 2.69. The monoisotopic (exact) mass is 94.0 g/mol. The van der Waals surface area contributed by atoms with E-state index >= 15 is 0 Å². The second kappa shape index (κ2) is 2.34. The predicted molar refractivity (Wildman–Crippen MR) is 27.6 cm³/mol. The zero-order valence-corrected chi connectivity index (χ0v) is 5.24. The third kappa shape index (κ3) is 4.10. The van der Waals surface area contributed by atoms with Crippen LogP contribution in [0.3, 0.4) is 0 Å². The number of allylic oxidation sites excluding steroid dienone is 1. The average Bonchev–Trinajstić information content (AvgIpc) is 1.38. The van der Waals surface area contributed by atoms with Crippen LogP contribution in [0.1, 0.15) is 0 Å². The van der Waals surface area contributed by atoms with E-state index < -0.39 is 5.91 Å². The predicted octanol–water partition coefficient (Wildman–Crippen LogP) is 0.808. The van der Waals surface area contributed by atoms with Gasteiger partial charge in [-0.2, -0.15) is 0 Å². The number of hydrogen-bond donors (Lipinski definition) is 0. The molecule has 0 aromatic carbocycles. The Balaban J connectivity index is 2.83. The van der Waals surface area contributed by atoms with Crippen LogP contribution >= 0.6 is 9.24 Å². The molecule has 0 saturated heterocycles. The van der Waals surface area contributed by atoms with Gasteiger partial charge in [-0.15, -0.1) is 0 Å². The molecular formula is C3H8FP. The maximum atomic E-state index is 11.4. The van der Waals surface area contributed by atoms with Gasteiger partial charge >= 0.3 is 32.2 Å². The fourth-order valence-corrected chi connectivity index (χ4v) is 0. The summed E-state index contributed by atoms with van der Waals surface area (Å²) in [5, 5.41) is 0. The number of rotatable bonds is 1. The van der Waals surface area contributed by atoms with Crippen molar-refractivity contribution in [2.24, 2.45) is 0 Å². The molecule has 0 aliphatic carbocycles. The molecule has 0 fully saturated rings. The van der Waals surface area contributed by atoms with Gasteiger partial charge in [-0.3, -0.25) is 0 Å². The van der Waals surface area contributed by atoms with Crippen molar-refractivity contribution in [2.45, 2.75) is 5.91 Å². The van der Waals surface area contributed by atoms with E-state index in [1.807, 2.05) is 0 Å². The minimum atomic E-state index is -0.713. The van der Waals surface area contributed by atoms with Gasteiger partial charge < -0.3 is 0 Å². The van der Waals surface area contributed by atoms with Gasteiger partial charge in [0.15, 0.2) is 0 Å². The quantitative estimate of drug-likeness (QED) is 0.333. The van der Waals surface area contributed by atoms with Crippen molar-refractivity contribution in [3.05, 3.63) is 12.7 Å². The topological polar surface area (TPSA) is 0 Å². The van der Waals surface area contributed by atoms with Gasteiger partial charge in [-0.05, 0) is 0 Å². The molecule has 1 atom stereocenters. The van der Waals surface area contributed by atoms with Crippen LogP contribution < -0.4 is 0 Å². The summed E-state index contributed by atoms with van der Waals surface area (Å²) < 4.78 is 11.4. The van der Waals surface area contributed by atoms with Crippen molar-refractivity contribution in [2.75, 3.05) is 0 Å². The Kier molecular flexibility index (Phi) is 2.39. The molecule has 0 rings (SSSR count). The second-order valence-electron chi connectivity index (χ2n) is 0.913. The second-order valence-corrected chi connectivity index (χ2v) is 2.02. The van der Waals surface area contributed by atoms with Gasteiger partial charge in [0.25, 0.3) is 0 Å². The summed E-state index contributed by atoms with van der Waals surface area (Å²) in [5.74, 6) is -0.713. The van der Waals surface area contributed by atoms with E-state index in [4.69, 9.17) is 0 Å². The third-order valence-electron chi connectivity index (χ3n) is 0.325. The Morgan fingerprint density at radius 2 is 2.20 bits per heavy atom. The zero-order chi connectivity index (χ0) is 4.28. The Morgan fingerprint density at radius 3 is 2.20 bits per heavy atom. The molecule has 5 heavy (non-hydrogen) atoms. The van der Waals surface area contributed by atoms with Crippen LogP contribution in [-0.4, -0.2) is 5.91 Å². The molecule has 0 aliphatic heterocycles. The van der Waals surface area contributed by atoms with E-state index in [9.17, 15) is 4.39 Å². The van der Waals surface area contributed by atoms with E-state index in [2.05, 4.69) is 6.58 Å². The molecule has 0 spiro atoms. The van der Waals surface area contributed by atoms with E-state index in [0.29, 0.717) is 9.24 Å². The molecule has 0 aliphatic rings. The summed E-state index contributed by atoms with van der Waals surface area (Å²) >= 11 is 0. The summed E-state index contributed by atoms with van der Waals surface area (Å²) in [5.41, 5.74) is 0.